The summed E-state index contributed by atoms with van der Waals surface area (Å²) in [6.45, 7) is 8.19. The van der Waals surface area contributed by atoms with E-state index in [4.69, 9.17) is 4.74 Å². The van der Waals surface area contributed by atoms with Gasteiger partial charge in [-0.3, -0.25) is 0 Å². The van der Waals surface area contributed by atoms with Crippen molar-refractivity contribution in [2.75, 3.05) is 6.61 Å². The van der Waals surface area contributed by atoms with Crippen LogP contribution in [-0.4, -0.2) is 22.4 Å². The number of benzene rings is 1. The van der Waals surface area contributed by atoms with Gasteiger partial charge in [0.2, 0.25) is 0 Å². The Hall–Kier alpha value is -2.36. The molecule has 1 aromatic carbocycles. The molecule has 1 aliphatic rings. The molecule has 2 aromatic rings. The summed E-state index contributed by atoms with van der Waals surface area (Å²) >= 11 is 0. The second-order valence-electron chi connectivity index (χ2n) is 5.14. The van der Waals surface area contributed by atoms with Crippen LogP contribution < -0.4 is 0 Å². The molecule has 2 heterocycles. The second-order valence-corrected chi connectivity index (χ2v) is 5.14. The summed E-state index contributed by atoms with van der Waals surface area (Å²) in [5.41, 5.74) is 3.80. The Kier molecular flexibility index (Phi) is 2.93. The zero-order chi connectivity index (χ0) is 14.3. The van der Waals surface area contributed by atoms with Gasteiger partial charge >= 0.3 is 5.97 Å². The highest BCUT2D eigenvalue weighted by molar-refractivity contribution is 5.96. The van der Waals surface area contributed by atoms with E-state index in [1.165, 1.54) is 0 Å². The van der Waals surface area contributed by atoms with E-state index in [1.807, 2.05) is 48.9 Å². The molecule has 0 fully saturated rings. The summed E-state index contributed by atoms with van der Waals surface area (Å²) in [5, 5.41) is 4.58. The number of aromatic nitrogens is 2. The lowest BCUT2D eigenvalue weighted by atomic mass is 9.98. The van der Waals surface area contributed by atoms with Gasteiger partial charge in [0.05, 0.1) is 18.0 Å². The van der Waals surface area contributed by atoms with Crippen molar-refractivity contribution in [2.24, 2.45) is 0 Å². The summed E-state index contributed by atoms with van der Waals surface area (Å²) in [7, 11) is 0. The zero-order valence-electron chi connectivity index (χ0n) is 11.6. The van der Waals surface area contributed by atoms with Crippen molar-refractivity contribution in [3.05, 3.63) is 53.9 Å². The molecule has 0 amide bonds. The quantitative estimate of drug-likeness (QED) is 0.786. The first-order valence-electron chi connectivity index (χ1n) is 6.61. The minimum Gasteiger partial charge on any atom is -0.461 e. The van der Waals surface area contributed by atoms with E-state index >= 15 is 0 Å². The van der Waals surface area contributed by atoms with Gasteiger partial charge in [0.15, 0.2) is 0 Å². The van der Waals surface area contributed by atoms with E-state index in [1.54, 1.807) is 0 Å². The minimum atomic E-state index is -0.307. The maximum absolute atomic E-state index is 12.1. The predicted molar refractivity (Wildman–Crippen MR) is 77.0 cm³/mol. The smallest absolute Gasteiger partial charge is 0.342 e. The standard InChI is InChI=1S/C16H16N2O2/c1-10(2)14-13-15(11(3)9-20-16(13)19)18(17-14)12-7-5-4-6-8-12/h4-8,11H,1,9H2,2-3H3. The van der Waals surface area contributed by atoms with Crippen LogP contribution in [0.15, 0.2) is 36.9 Å². The van der Waals surface area contributed by atoms with E-state index in [9.17, 15) is 4.79 Å². The Labute approximate surface area is 117 Å². The number of hydrogen-bond acceptors (Lipinski definition) is 3. The van der Waals surface area contributed by atoms with Crippen LogP contribution in [0.3, 0.4) is 0 Å². The first-order valence-corrected chi connectivity index (χ1v) is 6.61. The lowest BCUT2D eigenvalue weighted by molar-refractivity contribution is 0.0445. The van der Waals surface area contributed by atoms with E-state index in [0.29, 0.717) is 17.9 Å². The van der Waals surface area contributed by atoms with Gasteiger partial charge in [-0.1, -0.05) is 31.7 Å². The summed E-state index contributed by atoms with van der Waals surface area (Å²) in [5.74, 6) is -0.193. The lowest BCUT2D eigenvalue weighted by Gasteiger charge is -2.20. The summed E-state index contributed by atoms with van der Waals surface area (Å²) < 4.78 is 7.06. The van der Waals surface area contributed by atoms with E-state index in [-0.39, 0.29) is 11.9 Å². The Bertz CT molecular complexity index is 686. The predicted octanol–water partition coefficient (Wildman–Crippen LogP) is 3.18. The van der Waals surface area contributed by atoms with E-state index < -0.39 is 0 Å². The summed E-state index contributed by atoms with van der Waals surface area (Å²) in [6.07, 6.45) is 0. The zero-order valence-corrected chi connectivity index (χ0v) is 11.6. The molecule has 20 heavy (non-hydrogen) atoms. The van der Waals surface area contributed by atoms with Crippen molar-refractivity contribution in [1.29, 1.82) is 0 Å². The molecular formula is C16H16N2O2. The van der Waals surface area contributed by atoms with Crippen LogP contribution in [0.25, 0.3) is 11.3 Å². The van der Waals surface area contributed by atoms with Crippen molar-refractivity contribution in [2.45, 2.75) is 19.8 Å². The van der Waals surface area contributed by atoms with Crippen LogP contribution in [0.5, 0.6) is 0 Å². The molecule has 0 saturated carbocycles. The molecule has 0 aliphatic carbocycles. The van der Waals surface area contributed by atoms with Crippen LogP contribution in [0.1, 0.15) is 41.5 Å². The average Bonchev–Trinajstić information content (AvgIpc) is 2.86. The number of esters is 1. The lowest BCUT2D eigenvalue weighted by Crippen LogP contribution is -2.22. The highest BCUT2D eigenvalue weighted by Gasteiger charge is 2.33. The fourth-order valence-electron chi connectivity index (χ4n) is 2.50. The molecule has 0 radical (unpaired) electrons. The fraction of sp³-hybridized carbons (Fsp3) is 0.250. The Balaban J connectivity index is 2.29. The molecule has 1 atom stereocenters. The first kappa shape index (κ1) is 12.7. The van der Waals surface area contributed by atoms with Gasteiger partial charge in [-0.05, 0) is 24.6 Å². The van der Waals surface area contributed by atoms with Crippen molar-refractivity contribution in [3.63, 3.8) is 0 Å². The van der Waals surface area contributed by atoms with Crippen molar-refractivity contribution in [3.8, 4) is 5.69 Å². The fourth-order valence-corrected chi connectivity index (χ4v) is 2.50. The molecule has 1 aromatic heterocycles. The number of para-hydroxylation sites is 1. The molecule has 1 aliphatic heterocycles. The normalized spacial score (nSPS) is 17.5. The Morgan fingerprint density at radius 1 is 1.40 bits per heavy atom. The van der Waals surface area contributed by atoms with Crippen LogP contribution in [0, 0.1) is 0 Å². The van der Waals surface area contributed by atoms with Gasteiger partial charge in [0.25, 0.3) is 0 Å². The highest BCUT2D eigenvalue weighted by atomic mass is 16.5. The molecule has 0 N–H and O–H groups in total. The maximum Gasteiger partial charge on any atom is 0.342 e. The Morgan fingerprint density at radius 3 is 2.75 bits per heavy atom. The molecule has 0 spiro atoms. The van der Waals surface area contributed by atoms with Crippen molar-refractivity contribution >= 4 is 11.5 Å². The third-order valence-electron chi connectivity index (χ3n) is 3.46. The number of fused-ring (bicyclic) bond motifs is 1. The number of hydrogen-bond donors (Lipinski definition) is 0. The molecule has 4 nitrogen and oxygen atoms in total. The summed E-state index contributed by atoms with van der Waals surface area (Å²) in [4.78, 5) is 12.1. The third-order valence-corrected chi connectivity index (χ3v) is 3.46. The van der Waals surface area contributed by atoms with Crippen LogP contribution in [0.4, 0.5) is 0 Å². The summed E-state index contributed by atoms with van der Waals surface area (Å²) in [6, 6.07) is 9.81. The second kappa shape index (κ2) is 4.63. The molecule has 102 valence electrons. The molecule has 1 unspecified atom stereocenters. The number of rotatable bonds is 2. The van der Waals surface area contributed by atoms with Gasteiger partial charge in [0.1, 0.15) is 11.3 Å². The van der Waals surface area contributed by atoms with Crippen LogP contribution in [-0.2, 0) is 4.74 Å². The SMILES string of the molecule is C=C(C)c1nn(-c2ccccc2)c2c1C(=O)OCC2C. The topological polar surface area (TPSA) is 44.1 Å². The highest BCUT2D eigenvalue weighted by Crippen LogP contribution is 2.33. The third kappa shape index (κ3) is 1.84. The molecule has 4 heteroatoms. The minimum absolute atomic E-state index is 0.114. The molecule has 3 rings (SSSR count). The number of cyclic esters (lactones) is 1. The number of carbonyl (C=O) groups is 1. The Morgan fingerprint density at radius 2 is 2.10 bits per heavy atom. The largest absolute Gasteiger partial charge is 0.461 e. The number of carbonyl (C=O) groups excluding carboxylic acids is 1. The molecule has 0 saturated heterocycles. The van der Waals surface area contributed by atoms with Gasteiger partial charge < -0.3 is 4.74 Å². The van der Waals surface area contributed by atoms with Gasteiger partial charge in [-0.25, -0.2) is 9.48 Å². The van der Waals surface area contributed by atoms with Gasteiger partial charge in [-0.15, -0.1) is 0 Å². The van der Waals surface area contributed by atoms with Crippen LogP contribution >= 0.6 is 0 Å². The monoisotopic (exact) mass is 268 g/mol. The number of ether oxygens (including phenoxy) is 1. The first-order chi connectivity index (χ1) is 9.59. The maximum atomic E-state index is 12.1. The van der Waals surface area contributed by atoms with Crippen molar-refractivity contribution < 1.29 is 9.53 Å². The van der Waals surface area contributed by atoms with Gasteiger partial charge in [0, 0.05) is 5.92 Å². The number of nitrogens with zero attached hydrogens (tertiary/aromatic N) is 2. The van der Waals surface area contributed by atoms with Crippen molar-refractivity contribution in [1.82, 2.24) is 9.78 Å². The molecule has 0 bridgehead atoms. The van der Waals surface area contributed by atoms with Gasteiger partial charge in [-0.2, -0.15) is 5.10 Å². The van der Waals surface area contributed by atoms with Crippen LogP contribution in [0.2, 0.25) is 0 Å². The number of allylic oxidation sites excluding steroid dienone is 1. The average molecular weight is 268 g/mol. The van der Waals surface area contributed by atoms with E-state index in [2.05, 4.69) is 11.7 Å². The molecular weight excluding hydrogens is 252 g/mol. The van der Waals surface area contributed by atoms with E-state index in [0.717, 1.165) is 17.0 Å².